The van der Waals surface area contributed by atoms with E-state index in [0.29, 0.717) is 35.8 Å². The zero-order valence-electron chi connectivity index (χ0n) is 15.1. The van der Waals surface area contributed by atoms with Crippen molar-refractivity contribution in [3.8, 4) is 5.19 Å². The Morgan fingerprint density at radius 2 is 1.79 bits per heavy atom. The molecular formula is C20H16F4N2O2S. The Bertz CT molecular complexity index is 1030. The minimum atomic E-state index is -4.43. The fourth-order valence-corrected chi connectivity index (χ4v) is 4.14. The number of fused-ring (bicyclic) bond motifs is 1. The number of likely N-dealkylation sites (tertiary alicyclic amines) is 1. The molecule has 29 heavy (non-hydrogen) atoms. The Morgan fingerprint density at radius 1 is 1.10 bits per heavy atom. The van der Waals surface area contributed by atoms with Gasteiger partial charge in [-0.3, -0.25) is 4.79 Å². The molecule has 1 aliphatic rings. The monoisotopic (exact) mass is 424 g/mol. The highest BCUT2D eigenvalue weighted by Gasteiger charge is 2.31. The number of piperidine rings is 1. The molecule has 4 rings (SSSR count). The molecule has 0 aliphatic carbocycles. The van der Waals surface area contributed by atoms with Gasteiger partial charge in [0.05, 0.1) is 10.3 Å². The molecule has 0 saturated carbocycles. The smallest absolute Gasteiger partial charge is 0.416 e. The predicted molar refractivity (Wildman–Crippen MR) is 101 cm³/mol. The molecule has 1 aromatic heterocycles. The van der Waals surface area contributed by atoms with Crippen LogP contribution in [0.5, 0.6) is 5.19 Å². The van der Waals surface area contributed by atoms with Crippen molar-refractivity contribution in [1.82, 2.24) is 9.88 Å². The third kappa shape index (κ3) is 4.19. The Hall–Kier alpha value is -2.68. The number of ether oxygens (including phenoxy) is 1. The van der Waals surface area contributed by atoms with Crippen molar-refractivity contribution < 1.29 is 27.1 Å². The second-order valence-electron chi connectivity index (χ2n) is 6.75. The van der Waals surface area contributed by atoms with Gasteiger partial charge in [0.15, 0.2) is 0 Å². The minimum absolute atomic E-state index is 0.157. The molecule has 0 N–H and O–H groups in total. The van der Waals surface area contributed by atoms with Gasteiger partial charge in [-0.2, -0.15) is 18.2 Å². The quantitative estimate of drug-likeness (QED) is 0.547. The number of carbonyl (C=O) groups is 1. The zero-order valence-corrected chi connectivity index (χ0v) is 15.9. The molecule has 1 aliphatic heterocycles. The first kappa shape index (κ1) is 19.6. The molecule has 9 heteroatoms. The van der Waals surface area contributed by atoms with E-state index in [1.807, 2.05) is 0 Å². The summed E-state index contributed by atoms with van der Waals surface area (Å²) in [4.78, 5) is 18.3. The average Bonchev–Trinajstić information content (AvgIpc) is 3.11. The minimum Gasteiger partial charge on any atom is -0.467 e. The molecule has 3 aromatic rings. The number of aromatic nitrogens is 1. The van der Waals surface area contributed by atoms with E-state index in [1.54, 1.807) is 17.0 Å². The first-order chi connectivity index (χ1) is 13.8. The summed E-state index contributed by atoms with van der Waals surface area (Å²) in [5.41, 5.74) is -0.283. The molecule has 0 bridgehead atoms. The van der Waals surface area contributed by atoms with Crippen molar-refractivity contribution in [2.24, 2.45) is 0 Å². The van der Waals surface area contributed by atoms with E-state index in [4.69, 9.17) is 4.74 Å². The molecule has 4 nitrogen and oxygen atoms in total. The highest BCUT2D eigenvalue weighted by molar-refractivity contribution is 7.20. The molecular weight excluding hydrogens is 408 g/mol. The molecule has 0 radical (unpaired) electrons. The van der Waals surface area contributed by atoms with Crippen LogP contribution >= 0.6 is 11.3 Å². The Balaban J connectivity index is 1.36. The molecule has 0 spiro atoms. The summed E-state index contributed by atoms with van der Waals surface area (Å²) < 4.78 is 58.3. The van der Waals surface area contributed by atoms with Crippen molar-refractivity contribution in [1.29, 1.82) is 0 Å². The van der Waals surface area contributed by atoms with Crippen LogP contribution in [0.15, 0.2) is 42.5 Å². The van der Waals surface area contributed by atoms with Crippen LogP contribution in [0.3, 0.4) is 0 Å². The highest BCUT2D eigenvalue weighted by atomic mass is 32.1. The third-order valence-electron chi connectivity index (χ3n) is 4.81. The van der Waals surface area contributed by atoms with Gasteiger partial charge in [-0.1, -0.05) is 17.4 Å². The molecule has 152 valence electrons. The lowest BCUT2D eigenvalue weighted by Crippen LogP contribution is -2.41. The fraction of sp³-hybridized carbons (Fsp3) is 0.300. The maximum Gasteiger partial charge on any atom is 0.416 e. The maximum absolute atomic E-state index is 13.8. The lowest BCUT2D eigenvalue weighted by Gasteiger charge is -2.31. The van der Waals surface area contributed by atoms with Gasteiger partial charge < -0.3 is 9.64 Å². The van der Waals surface area contributed by atoms with Crippen LogP contribution in [0, 0.1) is 5.82 Å². The normalized spacial score (nSPS) is 15.7. The highest BCUT2D eigenvalue weighted by Crippen LogP contribution is 2.32. The molecule has 1 amide bonds. The number of nitrogens with zero attached hydrogens (tertiary/aromatic N) is 2. The van der Waals surface area contributed by atoms with Crippen molar-refractivity contribution in [2.75, 3.05) is 13.1 Å². The van der Waals surface area contributed by atoms with Gasteiger partial charge in [0.1, 0.15) is 17.4 Å². The van der Waals surface area contributed by atoms with Crippen molar-refractivity contribution in [2.45, 2.75) is 25.1 Å². The lowest BCUT2D eigenvalue weighted by atomic mass is 10.1. The Kier molecular flexibility index (Phi) is 5.16. The first-order valence-corrected chi connectivity index (χ1v) is 9.81. The van der Waals surface area contributed by atoms with Crippen LogP contribution < -0.4 is 4.74 Å². The second kappa shape index (κ2) is 7.62. The zero-order chi connectivity index (χ0) is 20.6. The summed E-state index contributed by atoms with van der Waals surface area (Å²) in [7, 11) is 0. The standard InChI is InChI=1S/C20H16F4N2O2S/c21-15-2-1-3-16-17(15)25-19(29-16)28-14-8-10-26(11-9-14)18(27)12-4-6-13(7-5-12)20(22,23)24/h1-7,14H,8-11H2. The SMILES string of the molecule is O=C(c1ccc(C(F)(F)F)cc1)N1CCC(Oc2nc3c(F)cccc3s2)CC1. The van der Waals surface area contributed by atoms with E-state index in [0.717, 1.165) is 12.1 Å². The van der Waals surface area contributed by atoms with Gasteiger partial charge in [-0.15, -0.1) is 0 Å². The number of alkyl halides is 3. The van der Waals surface area contributed by atoms with E-state index in [1.165, 1.54) is 29.5 Å². The van der Waals surface area contributed by atoms with Crippen molar-refractivity contribution in [3.05, 3.63) is 59.4 Å². The van der Waals surface area contributed by atoms with Crippen molar-refractivity contribution in [3.63, 3.8) is 0 Å². The molecule has 2 heterocycles. The molecule has 0 atom stereocenters. The van der Waals surface area contributed by atoms with Crippen LogP contribution in [0.4, 0.5) is 17.6 Å². The predicted octanol–water partition coefficient (Wildman–Crippen LogP) is 5.14. The largest absolute Gasteiger partial charge is 0.467 e. The van der Waals surface area contributed by atoms with Gasteiger partial charge in [0.25, 0.3) is 11.1 Å². The van der Waals surface area contributed by atoms with E-state index in [2.05, 4.69) is 4.98 Å². The van der Waals surface area contributed by atoms with Crippen LogP contribution in [0.2, 0.25) is 0 Å². The number of carbonyl (C=O) groups excluding carboxylic acids is 1. The van der Waals surface area contributed by atoms with Crippen LogP contribution in [-0.2, 0) is 6.18 Å². The molecule has 1 saturated heterocycles. The molecule has 1 fully saturated rings. The van der Waals surface area contributed by atoms with E-state index >= 15 is 0 Å². The fourth-order valence-electron chi connectivity index (χ4n) is 3.25. The second-order valence-corrected chi connectivity index (χ2v) is 7.74. The molecule has 0 unspecified atom stereocenters. The lowest BCUT2D eigenvalue weighted by molar-refractivity contribution is -0.137. The van der Waals surface area contributed by atoms with Crippen LogP contribution in [0.1, 0.15) is 28.8 Å². The van der Waals surface area contributed by atoms with Gasteiger partial charge in [0, 0.05) is 31.5 Å². The van der Waals surface area contributed by atoms with E-state index in [-0.39, 0.29) is 23.1 Å². The summed E-state index contributed by atoms with van der Waals surface area (Å²) in [5.74, 6) is -0.704. The number of hydrogen-bond acceptors (Lipinski definition) is 4. The summed E-state index contributed by atoms with van der Waals surface area (Å²) in [6.07, 6.45) is -3.47. The summed E-state index contributed by atoms with van der Waals surface area (Å²) in [6, 6.07) is 8.95. The first-order valence-electron chi connectivity index (χ1n) is 8.99. The number of rotatable bonds is 3. The average molecular weight is 424 g/mol. The van der Waals surface area contributed by atoms with Gasteiger partial charge in [-0.05, 0) is 36.4 Å². The number of amides is 1. The number of para-hydroxylation sites is 1. The van der Waals surface area contributed by atoms with Gasteiger partial charge in [0.2, 0.25) is 0 Å². The Morgan fingerprint density at radius 3 is 2.41 bits per heavy atom. The Labute approximate surface area is 167 Å². The topological polar surface area (TPSA) is 42.4 Å². The number of hydrogen-bond donors (Lipinski definition) is 0. The summed E-state index contributed by atoms with van der Waals surface area (Å²) in [6.45, 7) is 0.841. The third-order valence-corrected chi connectivity index (χ3v) is 5.72. The summed E-state index contributed by atoms with van der Waals surface area (Å²) in [5, 5.41) is 0.387. The van der Waals surface area contributed by atoms with E-state index in [9.17, 15) is 22.4 Å². The van der Waals surface area contributed by atoms with Crippen molar-refractivity contribution >= 4 is 27.5 Å². The van der Waals surface area contributed by atoms with Crippen LogP contribution in [-0.4, -0.2) is 35.0 Å². The molecule has 2 aromatic carbocycles. The van der Waals surface area contributed by atoms with Gasteiger partial charge >= 0.3 is 6.18 Å². The summed E-state index contributed by atoms with van der Waals surface area (Å²) >= 11 is 1.27. The van der Waals surface area contributed by atoms with E-state index < -0.39 is 17.6 Å². The maximum atomic E-state index is 13.8. The van der Waals surface area contributed by atoms with Gasteiger partial charge in [-0.25, -0.2) is 4.39 Å². The van der Waals surface area contributed by atoms with Crippen LogP contribution in [0.25, 0.3) is 10.2 Å². The number of halogens is 4. The number of thiazole rings is 1. The number of benzene rings is 2.